The lowest BCUT2D eigenvalue weighted by Crippen LogP contribution is -2.15. The summed E-state index contributed by atoms with van der Waals surface area (Å²) in [6.45, 7) is 1.08. The van der Waals surface area contributed by atoms with E-state index in [0.717, 1.165) is 12.0 Å². The first-order chi connectivity index (χ1) is 4.88. The Labute approximate surface area is 57.6 Å². The zero-order chi connectivity index (χ0) is 6.97. The molecule has 0 bridgehead atoms. The summed E-state index contributed by atoms with van der Waals surface area (Å²) >= 11 is 0. The number of hydrogen-bond donors (Lipinski definition) is 0. The van der Waals surface area contributed by atoms with E-state index < -0.39 is 0 Å². The van der Waals surface area contributed by atoms with E-state index in [1.165, 1.54) is 0 Å². The molecule has 0 amide bonds. The predicted octanol–water partition coefficient (Wildman–Crippen LogP) is 0.653. The second kappa shape index (κ2) is 1.90. The Morgan fingerprint density at radius 1 is 1.50 bits per heavy atom. The molecule has 0 aromatic carbocycles. The molecule has 4 nitrogen and oxygen atoms in total. The minimum atomic E-state index is -0.317. The summed E-state index contributed by atoms with van der Waals surface area (Å²) in [5.41, 5.74) is 1.46. The van der Waals surface area contributed by atoms with Gasteiger partial charge < -0.3 is 4.74 Å². The highest BCUT2D eigenvalue weighted by Gasteiger charge is 2.24. The Bertz CT molecular complexity index is 242. The van der Waals surface area contributed by atoms with E-state index in [1.807, 2.05) is 0 Å². The fourth-order valence-electron chi connectivity index (χ4n) is 1.05. The van der Waals surface area contributed by atoms with Crippen LogP contribution in [-0.4, -0.2) is 19.1 Å². The van der Waals surface area contributed by atoms with E-state index in [1.54, 1.807) is 0 Å². The van der Waals surface area contributed by atoms with Crippen LogP contribution in [0.15, 0.2) is 21.5 Å². The molecule has 2 heterocycles. The smallest absolute Gasteiger partial charge is 0.358 e. The van der Waals surface area contributed by atoms with Crippen LogP contribution < -0.4 is 0 Å². The highest BCUT2D eigenvalue weighted by molar-refractivity contribution is 5.90. The summed E-state index contributed by atoms with van der Waals surface area (Å²) in [7, 11) is 0. The van der Waals surface area contributed by atoms with Crippen LogP contribution in [-0.2, 0) is 9.53 Å². The van der Waals surface area contributed by atoms with Crippen molar-refractivity contribution in [1.82, 2.24) is 0 Å². The summed E-state index contributed by atoms with van der Waals surface area (Å²) in [4.78, 5) is 10.8. The van der Waals surface area contributed by atoms with E-state index >= 15 is 0 Å². The minimum absolute atomic E-state index is 0.317. The van der Waals surface area contributed by atoms with E-state index in [0.29, 0.717) is 18.8 Å². The third kappa shape index (κ3) is 0.650. The molecule has 0 radical (unpaired) electrons. The van der Waals surface area contributed by atoms with Gasteiger partial charge in [-0.1, -0.05) is 0 Å². The Balaban J connectivity index is 2.37. The second-order valence-electron chi connectivity index (χ2n) is 2.24. The summed E-state index contributed by atoms with van der Waals surface area (Å²) in [6.07, 6.45) is 0.800. The number of esters is 1. The van der Waals surface area contributed by atoms with Crippen LogP contribution in [0.4, 0.5) is 0 Å². The van der Waals surface area contributed by atoms with Crippen molar-refractivity contribution < 1.29 is 9.53 Å². The minimum Gasteiger partial charge on any atom is -0.461 e. The van der Waals surface area contributed by atoms with Gasteiger partial charge in [0.05, 0.1) is 13.2 Å². The van der Waals surface area contributed by atoms with Crippen LogP contribution in [0.2, 0.25) is 0 Å². The molecule has 52 valence electrons. The number of cyclic esters (lactones) is 1. The van der Waals surface area contributed by atoms with Gasteiger partial charge in [0, 0.05) is 6.42 Å². The van der Waals surface area contributed by atoms with Gasteiger partial charge >= 0.3 is 5.97 Å². The molecule has 0 aromatic rings. The summed E-state index contributed by atoms with van der Waals surface area (Å²) in [5.74, 6) is -0.317. The van der Waals surface area contributed by atoms with Crippen LogP contribution >= 0.6 is 0 Å². The maximum Gasteiger partial charge on any atom is 0.358 e. The third-order valence-electron chi connectivity index (χ3n) is 1.60. The topological polar surface area (TPSA) is 51.0 Å². The van der Waals surface area contributed by atoms with Gasteiger partial charge in [-0.15, -0.1) is 5.11 Å². The van der Waals surface area contributed by atoms with Crippen molar-refractivity contribution in [2.45, 2.75) is 6.42 Å². The standard InChI is InChI=1S/C6H6N2O2/c9-6-5-4(1-2-10-6)3-7-8-5/h1-3H2. The monoisotopic (exact) mass is 138 g/mol. The van der Waals surface area contributed by atoms with E-state index in [2.05, 4.69) is 10.2 Å². The van der Waals surface area contributed by atoms with Crippen molar-refractivity contribution in [2.24, 2.45) is 10.2 Å². The number of hydrogen-bond acceptors (Lipinski definition) is 4. The van der Waals surface area contributed by atoms with Gasteiger partial charge in [0.25, 0.3) is 0 Å². The van der Waals surface area contributed by atoms with Crippen molar-refractivity contribution in [3.05, 3.63) is 11.3 Å². The van der Waals surface area contributed by atoms with Crippen LogP contribution in [0.5, 0.6) is 0 Å². The Hall–Kier alpha value is -1.19. The van der Waals surface area contributed by atoms with Crippen molar-refractivity contribution >= 4 is 5.97 Å². The largest absolute Gasteiger partial charge is 0.461 e. The molecule has 2 aliphatic heterocycles. The normalized spacial score (nSPS) is 23.0. The van der Waals surface area contributed by atoms with Gasteiger partial charge in [-0.3, -0.25) is 0 Å². The molecule has 0 aliphatic carbocycles. The average molecular weight is 138 g/mol. The lowest BCUT2D eigenvalue weighted by atomic mass is 10.1. The van der Waals surface area contributed by atoms with E-state index in [9.17, 15) is 4.79 Å². The molecule has 2 aliphatic rings. The zero-order valence-corrected chi connectivity index (χ0v) is 5.33. The third-order valence-corrected chi connectivity index (χ3v) is 1.60. The van der Waals surface area contributed by atoms with Crippen molar-refractivity contribution in [3.8, 4) is 0 Å². The summed E-state index contributed by atoms with van der Waals surface area (Å²) in [5, 5.41) is 7.40. The molecule has 0 saturated heterocycles. The number of ether oxygens (including phenoxy) is 1. The summed E-state index contributed by atoms with van der Waals surface area (Å²) in [6, 6.07) is 0. The molecule has 0 saturated carbocycles. The number of carbonyl (C=O) groups excluding carboxylic acids is 1. The van der Waals surface area contributed by atoms with Crippen LogP contribution in [0.25, 0.3) is 0 Å². The average Bonchev–Trinajstić information content (AvgIpc) is 2.36. The van der Waals surface area contributed by atoms with Gasteiger partial charge in [0.15, 0.2) is 5.70 Å². The van der Waals surface area contributed by atoms with Crippen molar-refractivity contribution in [1.29, 1.82) is 0 Å². The number of carbonyl (C=O) groups is 1. The quantitative estimate of drug-likeness (QED) is 0.461. The molecule has 0 atom stereocenters. The molecule has 0 fully saturated rings. The molecule has 0 aromatic heterocycles. The van der Waals surface area contributed by atoms with Gasteiger partial charge in [-0.05, 0) is 5.57 Å². The maximum atomic E-state index is 10.8. The van der Waals surface area contributed by atoms with Gasteiger partial charge in [0.1, 0.15) is 0 Å². The molecular formula is C6H6N2O2. The van der Waals surface area contributed by atoms with Crippen molar-refractivity contribution in [3.63, 3.8) is 0 Å². The first kappa shape index (κ1) is 5.58. The fraction of sp³-hybridized carbons (Fsp3) is 0.500. The Morgan fingerprint density at radius 2 is 2.40 bits per heavy atom. The SMILES string of the molecule is O=C1OCCC2=C1N=NC2. The van der Waals surface area contributed by atoms with Gasteiger partial charge in [-0.25, -0.2) is 4.79 Å². The molecule has 10 heavy (non-hydrogen) atoms. The first-order valence-electron chi connectivity index (χ1n) is 3.14. The second-order valence-corrected chi connectivity index (χ2v) is 2.24. The Morgan fingerprint density at radius 3 is 3.20 bits per heavy atom. The molecule has 2 rings (SSSR count). The predicted molar refractivity (Wildman–Crippen MR) is 32.3 cm³/mol. The summed E-state index contributed by atoms with van der Waals surface area (Å²) < 4.78 is 4.74. The van der Waals surface area contributed by atoms with Gasteiger partial charge in [-0.2, -0.15) is 5.11 Å². The molecule has 0 N–H and O–H groups in total. The first-order valence-corrected chi connectivity index (χ1v) is 3.14. The lowest BCUT2D eigenvalue weighted by molar-refractivity contribution is -0.140. The van der Waals surface area contributed by atoms with Gasteiger partial charge in [0.2, 0.25) is 0 Å². The number of azo groups is 1. The maximum absolute atomic E-state index is 10.8. The fourth-order valence-corrected chi connectivity index (χ4v) is 1.05. The van der Waals surface area contributed by atoms with Crippen LogP contribution in [0.3, 0.4) is 0 Å². The van der Waals surface area contributed by atoms with Crippen LogP contribution in [0, 0.1) is 0 Å². The Kier molecular flexibility index (Phi) is 1.06. The van der Waals surface area contributed by atoms with E-state index in [-0.39, 0.29) is 5.97 Å². The molecule has 0 unspecified atom stereocenters. The highest BCUT2D eigenvalue weighted by atomic mass is 16.5. The number of nitrogens with zero attached hydrogens (tertiary/aromatic N) is 2. The van der Waals surface area contributed by atoms with E-state index in [4.69, 9.17) is 4.74 Å². The highest BCUT2D eigenvalue weighted by Crippen LogP contribution is 2.22. The number of rotatable bonds is 0. The lowest BCUT2D eigenvalue weighted by Gasteiger charge is -2.10. The molecular weight excluding hydrogens is 132 g/mol. The molecule has 4 heteroatoms. The molecule has 0 spiro atoms. The van der Waals surface area contributed by atoms with Crippen LogP contribution in [0.1, 0.15) is 6.42 Å². The zero-order valence-electron chi connectivity index (χ0n) is 5.33. The van der Waals surface area contributed by atoms with Crippen molar-refractivity contribution in [2.75, 3.05) is 13.2 Å².